The standard InChI is InChI=1S/C28H33F3/c1-3-4-5-6-19-7-8-21-14-22(10-9-20(21)13-19)23-11-12-25(28(31)15-23)24-16-26(29)18(2)27(30)17-24/h3-4,11-12,15-17,19-22H,5-10,13-14H2,1-2H3/b4-3+. The highest BCUT2D eigenvalue weighted by Crippen LogP contribution is 2.48. The van der Waals surface area contributed by atoms with Crippen molar-refractivity contribution in [2.75, 3.05) is 0 Å². The molecule has 31 heavy (non-hydrogen) atoms. The van der Waals surface area contributed by atoms with Crippen molar-refractivity contribution < 1.29 is 13.2 Å². The molecule has 0 amide bonds. The van der Waals surface area contributed by atoms with Crippen LogP contribution in [0.15, 0.2) is 42.5 Å². The third-order valence-electron chi connectivity index (χ3n) is 7.76. The number of fused-ring (bicyclic) bond motifs is 1. The van der Waals surface area contributed by atoms with E-state index in [1.807, 2.05) is 6.07 Å². The molecule has 4 rings (SSSR count). The van der Waals surface area contributed by atoms with E-state index < -0.39 is 17.5 Å². The number of hydrogen-bond donors (Lipinski definition) is 0. The lowest BCUT2D eigenvalue weighted by molar-refractivity contribution is 0.115. The molecule has 2 fully saturated rings. The van der Waals surface area contributed by atoms with Crippen LogP contribution in [0.4, 0.5) is 13.2 Å². The molecule has 0 bridgehead atoms. The molecule has 0 N–H and O–H groups in total. The second-order valence-electron chi connectivity index (χ2n) is 9.66. The Balaban J connectivity index is 1.43. The fourth-order valence-electron chi connectivity index (χ4n) is 5.87. The second kappa shape index (κ2) is 9.63. The minimum Gasteiger partial charge on any atom is -0.207 e. The third-order valence-corrected chi connectivity index (χ3v) is 7.76. The molecular formula is C28H33F3. The van der Waals surface area contributed by atoms with E-state index in [1.54, 1.807) is 12.1 Å². The first-order valence-corrected chi connectivity index (χ1v) is 11.8. The van der Waals surface area contributed by atoms with E-state index in [0.29, 0.717) is 5.92 Å². The van der Waals surface area contributed by atoms with Crippen LogP contribution in [0.2, 0.25) is 0 Å². The molecule has 0 nitrogen and oxygen atoms in total. The molecule has 4 unspecified atom stereocenters. The Morgan fingerprint density at radius 1 is 0.871 bits per heavy atom. The van der Waals surface area contributed by atoms with Crippen molar-refractivity contribution >= 4 is 0 Å². The summed E-state index contributed by atoms with van der Waals surface area (Å²) in [7, 11) is 0. The van der Waals surface area contributed by atoms with Gasteiger partial charge in [0, 0.05) is 11.1 Å². The average molecular weight is 427 g/mol. The summed E-state index contributed by atoms with van der Waals surface area (Å²) >= 11 is 0. The monoisotopic (exact) mass is 426 g/mol. The van der Waals surface area contributed by atoms with Crippen molar-refractivity contribution in [3.63, 3.8) is 0 Å². The molecule has 4 atom stereocenters. The van der Waals surface area contributed by atoms with Crippen molar-refractivity contribution in [1.82, 2.24) is 0 Å². The van der Waals surface area contributed by atoms with Gasteiger partial charge in [0.2, 0.25) is 0 Å². The Labute approximate surface area is 184 Å². The van der Waals surface area contributed by atoms with Crippen LogP contribution in [0.1, 0.15) is 75.3 Å². The highest BCUT2D eigenvalue weighted by Gasteiger charge is 2.35. The summed E-state index contributed by atoms with van der Waals surface area (Å²) in [5, 5.41) is 0. The summed E-state index contributed by atoms with van der Waals surface area (Å²) in [6.07, 6.45) is 14.4. The Morgan fingerprint density at radius 2 is 1.58 bits per heavy atom. The lowest BCUT2D eigenvalue weighted by Gasteiger charge is -2.42. The SMILES string of the molecule is C/C=C/CCC1CCC2CC(c3ccc(-c4cc(F)c(C)c(F)c4)c(F)c3)CCC2C1. The van der Waals surface area contributed by atoms with E-state index in [-0.39, 0.29) is 16.7 Å². The first kappa shape index (κ1) is 22.2. The number of benzene rings is 2. The molecule has 2 saturated carbocycles. The van der Waals surface area contributed by atoms with Crippen molar-refractivity contribution in [2.45, 2.75) is 71.1 Å². The van der Waals surface area contributed by atoms with Gasteiger partial charge in [-0.1, -0.05) is 30.7 Å². The fourth-order valence-corrected chi connectivity index (χ4v) is 5.87. The molecule has 2 aliphatic carbocycles. The number of halogens is 3. The van der Waals surface area contributed by atoms with Gasteiger partial charge in [0.25, 0.3) is 0 Å². The zero-order chi connectivity index (χ0) is 22.0. The van der Waals surface area contributed by atoms with E-state index in [2.05, 4.69) is 19.1 Å². The van der Waals surface area contributed by atoms with Crippen molar-refractivity contribution in [2.24, 2.45) is 17.8 Å². The molecule has 0 spiro atoms. The Bertz CT molecular complexity index is 922. The van der Waals surface area contributed by atoms with E-state index in [1.165, 1.54) is 57.6 Å². The first-order chi connectivity index (χ1) is 15.0. The molecule has 0 aliphatic heterocycles. The summed E-state index contributed by atoms with van der Waals surface area (Å²) < 4.78 is 42.8. The van der Waals surface area contributed by atoms with Crippen molar-refractivity contribution in [3.05, 3.63) is 71.1 Å². The van der Waals surface area contributed by atoms with Crippen LogP contribution < -0.4 is 0 Å². The molecular weight excluding hydrogens is 393 g/mol. The first-order valence-electron chi connectivity index (χ1n) is 11.8. The minimum absolute atomic E-state index is 0.0333. The topological polar surface area (TPSA) is 0 Å². The van der Waals surface area contributed by atoms with Crippen molar-refractivity contribution in [1.29, 1.82) is 0 Å². The van der Waals surface area contributed by atoms with E-state index in [0.717, 1.165) is 36.2 Å². The molecule has 0 saturated heterocycles. The maximum Gasteiger partial charge on any atom is 0.131 e. The second-order valence-corrected chi connectivity index (χ2v) is 9.66. The van der Waals surface area contributed by atoms with E-state index >= 15 is 0 Å². The predicted molar refractivity (Wildman–Crippen MR) is 121 cm³/mol. The Kier molecular flexibility index (Phi) is 6.89. The summed E-state index contributed by atoms with van der Waals surface area (Å²) in [4.78, 5) is 0. The highest BCUT2D eigenvalue weighted by atomic mass is 19.1. The normalized spacial score (nSPS) is 26.2. The van der Waals surface area contributed by atoms with Crippen LogP contribution in [0.5, 0.6) is 0 Å². The Morgan fingerprint density at radius 3 is 2.29 bits per heavy atom. The summed E-state index contributed by atoms with van der Waals surface area (Å²) in [6.45, 7) is 3.48. The fraction of sp³-hybridized carbons (Fsp3) is 0.500. The number of hydrogen-bond acceptors (Lipinski definition) is 0. The largest absolute Gasteiger partial charge is 0.207 e. The molecule has 0 radical (unpaired) electrons. The third kappa shape index (κ3) is 4.91. The molecule has 2 aromatic rings. The summed E-state index contributed by atoms with van der Waals surface area (Å²) in [6, 6.07) is 7.69. The van der Waals surface area contributed by atoms with Gasteiger partial charge < -0.3 is 0 Å². The van der Waals surface area contributed by atoms with Crippen LogP contribution in [0.25, 0.3) is 11.1 Å². The van der Waals surface area contributed by atoms with Crippen molar-refractivity contribution in [3.8, 4) is 11.1 Å². The summed E-state index contributed by atoms with van der Waals surface area (Å²) in [5.74, 6) is 1.14. The lowest BCUT2D eigenvalue weighted by atomic mass is 9.63. The zero-order valence-corrected chi connectivity index (χ0v) is 18.6. The summed E-state index contributed by atoms with van der Waals surface area (Å²) in [5.41, 5.74) is 1.51. The van der Waals surface area contributed by atoms with Crippen LogP contribution >= 0.6 is 0 Å². The zero-order valence-electron chi connectivity index (χ0n) is 18.6. The maximum atomic E-state index is 14.9. The molecule has 3 heteroatoms. The molecule has 0 heterocycles. The van der Waals surface area contributed by atoms with Crippen LogP contribution in [0, 0.1) is 42.1 Å². The van der Waals surface area contributed by atoms with Gasteiger partial charge in [-0.15, -0.1) is 0 Å². The van der Waals surface area contributed by atoms with Crippen LogP contribution in [-0.2, 0) is 0 Å². The van der Waals surface area contributed by atoms with Gasteiger partial charge in [-0.3, -0.25) is 0 Å². The van der Waals surface area contributed by atoms with Gasteiger partial charge in [0.15, 0.2) is 0 Å². The average Bonchev–Trinajstić information content (AvgIpc) is 2.77. The predicted octanol–water partition coefficient (Wildman–Crippen LogP) is 8.74. The quantitative estimate of drug-likeness (QED) is 0.419. The van der Waals surface area contributed by atoms with E-state index in [9.17, 15) is 13.2 Å². The highest BCUT2D eigenvalue weighted by molar-refractivity contribution is 5.65. The van der Waals surface area contributed by atoms with Gasteiger partial charge in [-0.05, 0) is 112 Å². The van der Waals surface area contributed by atoms with Gasteiger partial charge in [0.05, 0.1) is 0 Å². The minimum atomic E-state index is -0.641. The lowest BCUT2D eigenvalue weighted by Crippen LogP contribution is -2.30. The van der Waals surface area contributed by atoms with Gasteiger partial charge in [0.1, 0.15) is 17.5 Å². The van der Waals surface area contributed by atoms with Crippen LogP contribution in [0.3, 0.4) is 0 Å². The smallest absolute Gasteiger partial charge is 0.131 e. The molecule has 2 aliphatic rings. The van der Waals surface area contributed by atoms with E-state index in [4.69, 9.17) is 0 Å². The van der Waals surface area contributed by atoms with Gasteiger partial charge >= 0.3 is 0 Å². The van der Waals surface area contributed by atoms with Crippen LogP contribution in [-0.4, -0.2) is 0 Å². The van der Waals surface area contributed by atoms with Gasteiger partial charge in [-0.25, -0.2) is 13.2 Å². The number of rotatable bonds is 5. The molecule has 2 aromatic carbocycles. The molecule has 0 aromatic heterocycles. The maximum absolute atomic E-state index is 14.9. The Hall–Kier alpha value is -2.03. The number of allylic oxidation sites excluding steroid dienone is 2. The molecule has 166 valence electrons. The van der Waals surface area contributed by atoms with Gasteiger partial charge in [-0.2, -0.15) is 0 Å².